The van der Waals surface area contributed by atoms with Gasteiger partial charge in [0, 0.05) is 27.8 Å². The second-order valence-electron chi connectivity index (χ2n) is 4.85. The van der Waals surface area contributed by atoms with Gasteiger partial charge in [-0.15, -0.1) is 0 Å². The van der Waals surface area contributed by atoms with Gasteiger partial charge in [0.15, 0.2) is 0 Å². The number of aromatic nitrogens is 1. The van der Waals surface area contributed by atoms with Gasteiger partial charge in [-0.3, -0.25) is 4.79 Å². The highest BCUT2D eigenvalue weighted by molar-refractivity contribution is 7.08. The van der Waals surface area contributed by atoms with Crippen LogP contribution in [0.3, 0.4) is 0 Å². The maximum absolute atomic E-state index is 12.3. The van der Waals surface area contributed by atoms with Gasteiger partial charge in [-0.2, -0.15) is 16.6 Å². The van der Waals surface area contributed by atoms with E-state index in [1.165, 1.54) is 0 Å². The number of nitrogens with zero attached hydrogens (tertiary/aromatic N) is 1. The summed E-state index contributed by atoms with van der Waals surface area (Å²) in [5.74, 6) is 0.661. The lowest BCUT2D eigenvalue weighted by Crippen LogP contribution is -2.12. The van der Waals surface area contributed by atoms with Crippen LogP contribution in [0.2, 0.25) is 0 Å². The summed E-state index contributed by atoms with van der Waals surface area (Å²) < 4.78 is 5.64. The topological polar surface area (TPSA) is 65.9 Å². The van der Waals surface area contributed by atoms with Gasteiger partial charge < -0.3 is 9.72 Å². The molecule has 1 aromatic carbocycles. The van der Waals surface area contributed by atoms with Crippen LogP contribution >= 0.6 is 11.3 Å². The number of para-hydroxylation sites is 1. The molecule has 0 saturated carbocycles. The molecule has 2 aromatic heterocycles. The number of benzene rings is 1. The molecule has 0 radical (unpaired) electrons. The van der Waals surface area contributed by atoms with Crippen LogP contribution in [0.15, 0.2) is 52.0 Å². The van der Waals surface area contributed by atoms with Gasteiger partial charge in [0.2, 0.25) is 0 Å². The molecule has 0 unspecified atom stereocenters. The highest BCUT2D eigenvalue weighted by Crippen LogP contribution is 2.33. The summed E-state index contributed by atoms with van der Waals surface area (Å²) in [6.07, 6.45) is 0. The minimum atomic E-state index is -0.391. The molecule has 0 atom stereocenters. The first-order valence-electron chi connectivity index (χ1n) is 7.16. The first-order chi connectivity index (χ1) is 11.2. The quantitative estimate of drug-likeness (QED) is 0.788. The van der Waals surface area contributed by atoms with Crippen molar-refractivity contribution in [2.75, 3.05) is 6.61 Å². The number of pyridine rings is 1. The van der Waals surface area contributed by atoms with Crippen LogP contribution < -0.4 is 10.3 Å². The highest BCUT2D eigenvalue weighted by Gasteiger charge is 2.15. The Balaban J connectivity index is 2.27. The zero-order chi connectivity index (χ0) is 16.2. The maximum Gasteiger partial charge on any atom is 0.266 e. The number of ether oxygens (including phenoxy) is 1. The molecule has 0 aliphatic rings. The third kappa shape index (κ3) is 2.89. The Morgan fingerprint density at radius 2 is 2.09 bits per heavy atom. The van der Waals surface area contributed by atoms with Gasteiger partial charge >= 0.3 is 0 Å². The van der Waals surface area contributed by atoms with E-state index >= 15 is 0 Å². The van der Waals surface area contributed by atoms with Crippen molar-refractivity contribution >= 4 is 11.3 Å². The standard InChI is InChI=1S/C18H14N2O2S/c1-2-22-17-6-4-3-5-13(17)14-9-16(12-7-8-23-11-12)20-18(21)15(14)10-19/h3-9,11H,2H2,1H3,(H,20,21). The maximum atomic E-state index is 12.3. The zero-order valence-corrected chi connectivity index (χ0v) is 13.3. The molecule has 0 aliphatic heterocycles. The molecule has 1 N–H and O–H groups in total. The number of rotatable bonds is 4. The largest absolute Gasteiger partial charge is 0.493 e. The van der Waals surface area contributed by atoms with E-state index in [4.69, 9.17) is 4.74 Å². The fourth-order valence-corrected chi connectivity index (χ4v) is 3.08. The Morgan fingerprint density at radius 3 is 2.78 bits per heavy atom. The molecular weight excluding hydrogens is 308 g/mol. The highest BCUT2D eigenvalue weighted by atomic mass is 32.1. The van der Waals surface area contributed by atoms with Crippen LogP contribution in [0.5, 0.6) is 5.75 Å². The first-order valence-corrected chi connectivity index (χ1v) is 8.11. The van der Waals surface area contributed by atoms with Crippen molar-refractivity contribution in [1.29, 1.82) is 5.26 Å². The summed E-state index contributed by atoms with van der Waals surface area (Å²) in [5.41, 5.74) is 2.65. The van der Waals surface area contributed by atoms with Crippen molar-refractivity contribution < 1.29 is 4.74 Å². The van der Waals surface area contributed by atoms with E-state index in [1.54, 1.807) is 11.3 Å². The van der Waals surface area contributed by atoms with Crippen molar-refractivity contribution in [2.24, 2.45) is 0 Å². The molecule has 2 heterocycles. The van der Waals surface area contributed by atoms with Crippen LogP contribution in [0.25, 0.3) is 22.4 Å². The molecule has 3 aromatic rings. The molecule has 114 valence electrons. The summed E-state index contributed by atoms with van der Waals surface area (Å²) in [6.45, 7) is 2.41. The summed E-state index contributed by atoms with van der Waals surface area (Å²) in [7, 11) is 0. The Kier molecular flexibility index (Phi) is 4.26. The van der Waals surface area contributed by atoms with Crippen molar-refractivity contribution in [1.82, 2.24) is 4.98 Å². The van der Waals surface area contributed by atoms with Gasteiger partial charge in [0.1, 0.15) is 17.4 Å². The number of hydrogen-bond donors (Lipinski definition) is 1. The summed E-state index contributed by atoms with van der Waals surface area (Å²) >= 11 is 1.55. The van der Waals surface area contributed by atoms with Gasteiger partial charge in [0.25, 0.3) is 5.56 Å². The molecule has 5 heteroatoms. The third-order valence-corrected chi connectivity index (χ3v) is 4.14. The zero-order valence-electron chi connectivity index (χ0n) is 12.5. The molecule has 0 amide bonds. The van der Waals surface area contributed by atoms with E-state index in [1.807, 2.05) is 60.2 Å². The van der Waals surface area contributed by atoms with E-state index in [2.05, 4.69) is 4.98 Å². The fourth-order valence-electron chi connectivity index (χ4n) is 2.43. The Bertz CT molecular complexity index is 921. The van der Waals surface area contributed by atoms with E-state index in [9.17, 15) is 10.1 Å². The molecule has 3 rings (SSSR count). The monoisotopic (exact) mass is 322 g/mol. The Morgan fingerprint density at radius 1 is 1.26 bits per heavy atom. The average molecular weight is 322 g/mol. The van der Waals surface area contributed by atoms with Crippen LogP contribution in [0.1, 0.15) is 12.5 Å². The lowest BCUT2D eigenvalue weighted by Gasteiger charge is -2.12. The molecule has 0 fully saturated rings. The number of nitriles is 1. The van der Waals surface area contributed by atoms with Crippen LogP contribution in [0.4, 0.5) is 0 Å². The van der Waals surface area contributed by atoms with E-state index < -0.39 is 5.56 Å². The van der Waals surface area contributed by atoms with Crippen LogP contribution in [0, 0.1) is 11.3 Å². The van der Waals surface area contributed by atoms with Crippen molar-refractivity contribution in [3.8, 4) is 34.2 Å². The minimum Gasteiger partial charge on any atom is -0.493 e. The van der Waals surface area contributed by atoms with E-state index in [-0.39, 0.29) is 5.56 Å². The number of nitrogens with one attached hydrogen (secondary N) is 1. The van der Waals surface area contributed by atoms with Crippen molar-refractivity contribution in [3.63, 3.8) is 0 Å². The molecule has 0 spiro atoms. The number of aromatic amines is 1. The van der Waals surface area contributed by atoms with Crippen LogP contribution in [-0.4, -0.2) is 11.6 Å². The molecule has 0 saturated heterocycles. The smallest absolute Gasteiger partial charge is 0.266 e. The van der Waals surface area contributed by atoms with Crippen LogP contribution in [-0.2, 0) is 0 Å². The minimum absolute atomic E-state index is 0.0936. The summed E-state index contributed by atoms with van der Waals surface area (Å²) in [5, 5.41) is 13.3. The number of hydrogen-bond acceptors (Lipinski definition) is 4. The average Bonchev–Trinajstić information content (AvgIpc) is 3.09. The summed E-state index contributed by atoms with van der Waals surface area (Å²) in [6, 6.07) is 13.2. The number of H-pyrrole nitrogens is 1. The van der Waals surface area contributed by atoms with Crippen molar-refractivity contribution in [2.45, 2.75) is 6.92 Å². The third-order valence-electron chi connectivity index (χ3n) is 3.45. The SMILES string of the molecule is CCOc1ccccc1-c1cc(-c2ccsc2)[nH]c(=O)c1C#N. The number of thiophene rings is 1. The van der Waals surface area contributed by atoms with E-state index in [0.717, 1.165) is 11.1 Å². The fraction of sp³-hybridized carbons (Fsp3) is 0.111. The lowest BCUT2D eigenvalue weighted by atomic mass is 9.99. The molecule has 4 nitrogen and oxygen atoms in total. The predicted molar refractivity (Wildman–Crippen MR) is 91.7 cm³/mol. The molecular formula is C18H14N2O2S. The second kappa shape index (κ2) is 6.51. The van der Waals surface area contributed by atoms with Gasteiger partial charge in [-0.05, 0) is 30.5 Å². The molecule has 23 heavy (non-hydrogen) atoms. The van der Waals surface area contributed by atoms with Gasteiger partial charge in [0.05, 0.1) is 6.61 Å². The molecule has 0 aliphatic carbocycles. The first kappa shape index (κ1) is 15.1. The Labute approximate surface area is 137 Å². The predicted octanol–water partition coefficient (Wildman–Crippen LogP) is 4.04. The normalized spacial score (nSPS) is 10.3. The Hall–Kier alpha value is -2.84. The van der Waals surface area contributed by atoms with Gasteiger partial charge in [-0.1, -0.05) is 18.2 Å². The second-order valence-corrected chi connectivity index (χ2v) is 5.63. The van der Waals surface area contributed by atoms with E-state index in [0.29, 0.717) is 23.6 Å². The lowest BCUT2D eigenvalue weighted by molar-refractivity contribution is 0.341. The summed E-state index contributed by atoms with van der Waals surface area (Å²) in [4.78, 5) is 15.1. The van der Waals surface area contributed by atoms with Gasteiger partial charge in [-0.25, -0.2) is 0 Å². The van der Waals surface area contributed by atoms with Crippen molar-refractivity contribution in [3.05, 3.63) is 63.1 Å². The molecule has 0 bridgehead atoms.